The maximum atomic E-state index is 12.1. The maximum Gasteiger partial charge on any atom is 0.154 e. The molecule has 1 unspecified atom stereocenters. The van der Waals surface area contributed by atoms with Gasteiger partial charge in [-0.05, 0) is 44.9 Å². The average Bonchev–Trinajstić information content (AvgIpc) is 2.35. The number of benzene rings is 1. The van der Waals surface area contributed by atoms with Crippen molar-refractivity contribution in [2.75, 3.05) is 12.8 Å². The van der Waals surface area contributed by atoms with Crippen LogP contribution in [0.2, 0.25) is 0 Å². The van der Waals surface area contributed by atoms with Crippen molar-refractivity contribution in [1.29, 1.82) is 0 Å². The Morgan fingerprint density at radius 3 is 2.40 bits per heavy atom. The highest BCUT2D eigenvalue weighted by Crippen LogP contribution is 2.26. The van der Waals surface area contributed by atoms with Gasteiger partial charge in [0.25, 0.3) is 0 Å². The number of halogens is 1. The highest BCUT2D eigenvalue weighted by atomic mass is 79.9. The van der Waals surface area contributed by atoms with Crippen LogP contribution in [0.1, 0.15) is 32.8 Å². The molecule has 20 heavy (non-hydrogen) atoms. The second kappa shape index (κ2) is 7.05. The van der Waals surface area contributed by atoms with E-state index in [-0.39, 0.29) is 6.04 Å². The van der Waals surface area contributed by atoms with Crippen LogP contribution >= 0.6 is 15.9 Å². The van der Waals surface area contributed by atoms with Gasteiger partial charge < -0.3 is 5.32 Å². The first-order valence-electron chi connectivity index (χ1n) is 6.86. The molecule has 0 fully saturated rings. The van der Waals surface area contributed by atoms with E-state index in [2.05, 4.69) is 28.2 Å². The van der Waals surface area contributed by atoms with Gasteiger partial charge in [0.1, 0.15) is 0 Å². The molecule has 0 aliphatic rings. The smallest absolute Gasteiger partial charge is 0.154 e. The molecule has 0 aromatic heterocycles. The summed E-state index contributed by atoms with van der Waals surface area (Å²) in [6.07, 6.45) is 2.97. The largest absolute Gasteiger partial charge is 0.312 e. The SMILES string of the molecule is CCCNC(Cc1ccccc1Br)C(C)(C)S(C)(=O)=O. The molecule has 1 rings (SSSR count). The third-order valence-corrected chi connectivity index (χ3v) is 6.79. The topological polar surface area (TPSA) is 46.2 Å². The van der Waals surface area contributed by atoms with Crippen molar-refractivity contribution >= 4 is 25.8 Å². The molecule has 0 saturated carbocycles. The van der Waals surface area contributed by atoms with Crippen LogP contribution in [0.25, 0.3) is 0 Å². The zero-order chi connectivity index (χ0) is 15.4. The fourth-order valence-corrected chi connectivity index (χ4v) is 3.15. The average molecular weight is 362 g/mol. The summed E-state index contributed by atoms with van der Waals surface area (Å²) in [7, 11) is -3.14. The Balaban J connectivity index is 3.05. The van der Waals surface area contributed by atoms with E-state index in [1.54, 1.807) is 13.8 Å². The minimum Gasteiger partial charge on any atom is -0.312 e. The molecule has 114 valence electrons. The highest BCUT2D eigenvalue weighted by molar-refractivity contribution is 9.10. The predicted octanol–water partition coefficient (Wildman–Crippen LogP) is 3.18. The molecular weight excluding hydrogens is 338 g/mol. The van der Waals surface area contributed by atoms with Crippen molar-refractivity contribution in [3.63, 3.8) is 0 Å². The van der Waals surface area contributed by atoms with Crippen LogP contribution in [-0.2, 0) is 16.3 Å². The predicted molar refractivity (Wildman–Crippen MR) is 88.9 cm³/mol. The van der Waals surface area contributed by atoms with Crippen molar-refractivity contribution in [1.82, 2.24) is 5.32 Å². The van der Waals surface area contributed by atoms with Gasteiger partial charge in [0, 0.05) is 16.8 Å². The van der Waals surface area contributed by atoms with Crippen molar-refractivity contribution in [2.45, 2.75) is 44.4 Å². The van der Waals surface area contributed by atoms with Crippen LogP contribution in [-0.4, -0.2) is 32.0 Å². The summed E-state index contributed by atoms with van der Waals surface area (Å²) in [6.45, 7) is 6.49. The van der Waals surface area contributed by atoms with Gasteiger partial charge in [0.05, 0.1) is 4.75 Å². The van der Waals surface area contributed by atoms with Crippen molar-refractivity contribution in [3.8, 4) is 0 Å². The van der Waals surface area contributed by atoms with Crippen LogP contribution in [0.15, 0.2) is 28.7 Å². The minimum absolute atomic E-state index is 0.115. The summed E-state index contributed by atoms with van der Waals surface area (Å²) >= 11 is 3.53. The third-order valence-electron chi connectivity index (χ3n) is 3.82. The molecule has 1 aromatic carbocycles. The van der Waals surface area contributed by atoms with Crippen molar-refractivity contribution in [3.05, 3.63) is 34.3 Å². The van der Waals surface area contributed by atoms with Gasteiger partial charge in [-0.25, -0.2) is 8.42 Å². The van der Waals surface area contributed by atoms with E-state index in [0.29, 0.717) is 6.42 Å². The van der Waals surface area contributed by atoms with Crippen LogP contribution in [0.5, 0.6) is 0 Å². The molecule has 3 nitrogen and oxygen atoms in total. The highest BCUT2D eigenvalue weighted by Gasteiger charge is 2.38. The summed E-state index contributed by atoms with van der Waals surface area (Å²) < 4.78 is 24.4. The first kappa shape index (κ1) is 17.7. The molecule has 1 atom stereocenters. The summed E-state index contributed by atoms with van der Waals surface area (Å²) in [4.78, 5) is 0. The summed E-state index contributed by atoms with van der Waals surface area (Å²) in [5.74, 6) is 0. The number of rotatable bonds is 7. The number of hydrogen-bond acceptors (Lipinski definition) is 3. The normalized spacial score (nSPS) is 14.2. The summed E-state index contributed by atoms with van der Waals surface area (Å²) in [6, 6.07) is 7.84. The van der Waals surface area contributed by atoms with Gasteiger partial charge in [0.15, 0.2) is 9.84 Å². The molecule has 0 spiro atoms. The van der Waals surface area contributed by atoms with E-state index >= 15 is 0 Å². The lowest BCUT2D eigenvalue weighted by molar-refractivity contribution is 0.406. The van der Waals surface area contributed by atoms with Gasteiger partial charge >= 0.3 is 0 Å². The second-order valence-electron chi connectivity index (χ2n) is 5.68. The molecule has 0 saturated heterocycles. The van der Waals surface area contributed by atoms with E-state index < -0.39 is 14.6 Å². The summed E-state index contributed by atoms with van der Waals surface area (Å²) in [5, 5.41) is 3.39. The Labute approximate surface area is 131 Å². The van der Waals surface area contributed by atoms with E-state index in [0.717, 1.165) is 23.0 Å². The molecule has 0 radical (unpaired) electrons. The van der Waals surface area contributed by atoms with Crippen molar-refractivity contribution in [2.24, 2.45) is 0 Å². The van der Waals surface area contributed by atoms with Crippen LogP contribution in [0.3, 0.4) is 0 Å². The zero-order valence-electron chi connectivity index (χ0n) is 12.6. The Bertz CT molecular complexity index is 541. The molecule has 0 aliphatic carbocycles. The lowest BCUT2D eigenvalue weighted by atomic mass is 9.95. The van der Waals surface area contributed by atoms with Gasteiger partial charge in [0.2, 0.25) is 0 Å². The van der Waals surface area contributed by atoms with Crippen molar-refractivity contribution < 1.29 is 8.42 Å². The van der Waals surface area contributed by atoms with E-state index in [1.165, 1.54) is 6.26 Å². The maximum absolute atomic E-state index is 12.1. The van der Waals surface area contributed by atoms with Gasteiger partial charge in [-0.3, -0.25) is 0 Å². The Morgan fingerprint density at radius 1 is 1.30 bits per heavy atom. The monoisotopic (exact) mass is 361 g/mol. The van der Waals surface area contributed by atoms with E-state index in [1.807, 2.05) is 24.3 Å². The van der Waals surface area contributed by atoms with Gasteiger partial charge in [-0.15, -0.1) is 0 Å². The zero-order valence-corrected chi connectivity index (χ0v) is 15.0. The molecule has 1 aromatic rings. The fraction of sp³-hybridized carbons (Fsp3) is 0.600. The molecule has 0 aliphatic heterocycles. The quantitative estimate of drug-likeness (QED) is 0.810. The lowest BCUT2D eigenvalue weighted by Gasteiger charge is -2.34. The molecule has 0 bridgehead atoms. The third kappa shape index (κ3) is 4.30. The fourth-order valence-electron chi connectivity index (χ4n) is 2.02. The first-order chi connectivity index (χ1) is 9.20. The van der Waals surface area contributed by atoms with Gasteiger partial charge in [-0.2, -0.15) is 0 Å². The Kier molecular flexibility index (Phi) is 6.23. The standard InChI is InChI=1S/C15H24BrNO2S/c1-5-10-17-14(15(2,3)20(4,18)19)11-12-8-6-7-9-13(12)16/h6-9,14,17H,5,10-11H2,1-4H3. The number of nitrogens with one attached hydrogen (secondary N) is 1. The first-order valence-corrected chi connectivity index (χ1v) is 9.55. The molecule has 5 heteroatoms. The Morgan fingerprint density at radius 2 is 1.90 bits per heavy atom. The molecular formula is C15H24BrNO2S. The minimum atomic E-state index is -3.14. The van der Waals surface area contributed by atoms with Crippen LogP contribution in [0.4, 0.5) is 0 Å². The van der Waals surface area contributed by atoms with Gasteiger partial charge in [-0.1, -0.05) is 41.1 Å². The second-order valence-corrected chi connectivity index (χ2v) is 9.13. The number of hydrogen-bond donors (Lipinski definition) is 1. The molecule has 0 amide bonds. The van der Waals surface area contributed by atoms with Crippen LogP contribution in [0, 0.1) is 0 Å². The van der Waals surface area contributed by atoms with E-state index in [4.69, 9.17) is 0 Å². The van der Waals surface area contributed by atoms with Crippen LogP contribution < -0.4 is 5.32 Å². The Hall–Kier alpha value is -0.390. The van der Waals surface area contributed by atoms with E-state index in [9.17, 15) is 8.42 Å². The molecule has 0 heterocycles. The molecule has 1 N–H and O–H groups in total. The number of sulfone groups is 1. The lowest BCUT2D eigenvalue weighted by Crippen LogP contribution is -2.52. The summed E-state index contributed by atoms with van der Waals surface area (Å²) in [5.41, 5.74) is 1.12.